The summed E-state index contributed by atoms with van der Waals surface area (Å²) in [5.74, 6) is -0.428. The Bertz CT molecular complexity index is 930. The van der Waals surface area contributed by atoms with Crippen molar-refractivity contribution in [3.05, 3.63) is 57.6 Å². The number of carbonyl (C=O) groups is 1. The molecule has 0 heterocycles. The van der Waals surface area contributed by atoms with Crippen LogP contribution in [0.4, 0.5) is 5.69 Å². The second-order valence-corrected chi connectivity index (χ2v) is 8.62. The summed E-state index contributed by atoms with van der Waals surface area (Å²) in [5, 5.41) is 3.07. The molecule has 0 unspecified atom stereocenters. The molecule has 5 nitrogen and oxygen atoms in total. The van der Waals surface area contributed by atoms with Gasteiger partial charge in [0.2, 0.25) is 15.9 Å². The Hall–Kier alpha value is -1.60. The van der Waals surface area contributed by atoms with E-state index >= 15 is 0 Å². The number of hydrogen-bond acceptors (Lipinski definition) is 3. The third kappa shape index (κ3) is 4.76. The van der Waals surface area contributed by atoms with Crippen LogP contribution in [-0.4, -0.2) is 31.7 Å². The van der Waals surface area contributed by atoms with Gasteiger partial charge in [0.1, 0.15) is 4.90 Å². The van der Waals surface area contributed by atoms with Crippen LogP contribution in [0.15, 0.2) is 41.3 Å². The molecule has 2 aromatic carbocycles. The summed E-state index contributed by atoms with van der Waals surface area (Å²) in [6.45, 7) is 5.23. The largest absolute Gasteiger partial charge is 0.325 e. The minimum Gasteiger partial charge on any atom is -0.325 e. The number of amides is 1. The van der Waals surface area contributed by atoms with Crippen LogP contribution in [0.1, 0.15) is 18.1 Å². The molecule has 1 N–H and O–H groups in total. The number of likely N-dealkylation sites (N-methyl/N-ethyl adjacent to an activating group) is 1. The van der Waals surface area contributed by atoms with Gasteiger partial charge in [-0.1, -0.05) is 42.3 Å². The van der Waals surface area contributed by atoms with Crippen LogP contribution < -0.4 is 5.32 Å². The summed E-state index contributed by atoms with van der Waals surface area (Å²) in [6.07, 6.45) is 0. The first-order valence-electron chi connectivity index (χ1n) is 7.97. The number of benzene rings is 2. The van der Waals surface area contributed by atoms with Crippen LogP contribution >= 0.6 is 23.2 Å². The lowest BCUT2D eigenvalue weighted by molar-refractivity contribution is -0.116. The SMILES string of the molecule is CCN(CC(=O)Nc1cc(C)ccc1C)S(=O)(=O)c1cc(Cl)ccc1Cl. The first-order valence-corrected chi connectivity index (χ1v) is 10.2. The lowest BCUT2D eigenvalue weighted by atomic mass is 10.1. The van der Waals surface area contributed by atoms with Gasteiger partial charge in [-0.15, -0.1) is 0 Å². The maximum Gasteiger partial charge on any atom is 0.245 e. The average Bonchev–Trinajstić information content (AvgIpc) is 2.57. The Morgan fingerprint density at radius 2 is 1.81 bits per heavy atom. The van der Waals surface area contributed by atoms with E-state index in [-0.39, 0.29) is 28.0 Å². The van der Waals surface area contributed by atoms with E-state index in [1.54, 1.807) is 6.92 Å². The van der Waals surface area contributed by atoms with Crippen molar-refractivity contribution in [2.24, 2.45) is 0 Å². The van der Waals surface area contributed by atoms with Crippen LogP contribution in [0.3, 0.4) is 0 Å². The number of anilines is 1. The molecule has 0 saturated heterocycles. The Labute approximate surface area is 164 Å². The van der Waals surface area contributed by atoms with Crippen LogP contribution in [0, 0.1) is 13.8 Å². The molecule has 0 aliphatic carbocycles. The Kier molecular flexibility index (Phi) is 6.69. The first kappa shape index (κ1) is 20.7. The molecule has 0 aliphatic heterocycles. The van der Waals surface area contributed by atoms with E-state index in [1.807, 2.05) is 32.0 Å². The molecular formula is C18H20Cl2N2O3S. The van der Waals surface area contributed by atoms with Crippen molar-refractivity contribution in [1.29, 1.82) is 0 Å². The molecule has 0 spiro atoms. The predicted octanol–water partition coefficient (Wildman–Crippen LogP) is 4.26. The van der Waals surface area contributed by atoms with Crippen molar-refractivity contribution in [3.8, 4) is 0 Å². The van der Waals surface area contributed by atoms with E-state index in [9.17, 15) is 13.2 Å². The second-order valence-electron chi connectivity index (χ2n) is 5.87. The molecule has 26 heavy (non-hydrogen) atoms. The second kappa shape index (κ2) is 8.39. The number of sulfonamides is 1. The Morgan fingerprint density at radius 1 is 1.12 bits per heavy atom. The molecule has 8 heteroatoms. The van der Waals surface area contributed by atoms with Crippen molar-refractivity contribution in [2.75, 3.05) is 18.4 Å². The molecule has 0 aliphatic rings. The molecule has 0 radical (unpaired) electrons. The number of halogens is 2. The lowest BCUT2D eigenvalue weighted by Crippen LogP contribution is -2.38. The topological polar surface area (TPSA) is 66.5 Å². The van der Waals surface area contributed by atoms with E-state index in [0.29, 0.717) is 5.69 Å². The molecule has 0 aromatic heterocycles. The van der Waals surface area contributed by atoms with E-state index in [4.69, 9.17) is 23.2 Å². The van der Waals surface area contributed by atoms with Crippen LogP contribution in [-0.2, 0) is 14.8 Å². The normalized spacial score (nSPS) is 11.6. The molecule has 2 rings (SSSR count). The molecule has 0 atom stereocenters. The minimum atomic E-state index is -3.95. The standard InChI is InChI=1S/C18H20Cl2N2O3S/c1-4-22(26(24,25)17-10-14(19)7-8-15(17)20)11-18(23)21-16-9-12(2)5-6-13(16)3/h5-10H,4,11H2,1-3H3,(H,21,23). The van der Waals surface area contributed by atoms with Crippen molar-refractivity contribution in [1.82, 2.24) is 4.31 Å². The van der Waals surface area contributed by atoms with Gasteiger partial charge in [-0.2, -0.15) is 4.31 Å². The van der Waals surface area contributed by atoms with Gasteiger partial charge in [0.25, 0.3) is 0 Å². The number of aryl methyl sites for hydroxylation is 2. The molecule has 1 amide bonds. The van der Waals surface area contributed by atoms with Crippen LogP contribution in [0.25, 0.3) is 0 Å². The molecular weight excluding hydrogens is 395 g/mol. The summed E-state index contributed by atoms with van der Waals surface area (Å²) in [5.41, 5.74) is 2.55. The Morgan fingerprint density at radius 3 is 2.46 bits per heavy atom. The average molecular weight is 415 g/mol. The highest BCUT2D eigenvalue weighted by molar-refractivity contribution is 7.89. The quantitative estimate of drug-likeness (QED) is 0.767. The van der Waals surface area contributed by atoms with E-state index in [0.717, 1.165) is 15.4 Å². The minimum absolute atomic E-state index is 0.0581. The van der Waals surface area contributed by atoms with E-state index in [1.165, 1.54) is 18.2 Å². The summed E-state index contributed by atoms with van der Waals surface area (Å²) >= 11 is 11.9. The monoisotopic (exact) mass is 414 g/mol. The van der Waals surface area contributed by atoms with Crippen LogP contribution in [0.2, 0.25) is 10.0 Å². The number of nitrogens with zero attached hydrogens (tertiary/aromatic N) is 1. The zero-order valence-corrected chi connectivity index (χ0v) is 17.0. The zero-order chi connectivity index (χ0) is 19.5. The maximum absolute atomic E-state index is 12.8. The van der Waals surface area contributed by atoms with Crippen molar-refractivity contribution in [3.63, 3.8) is 0 Å². The third-order valence-corrected chi connectivity index (χ3v) is 6.49. The molecule has 0 saturated carbocycles. The van der Waals surface area contributed by atoms with Crippen LogP contribution in [0.5, 0.6) is 0 Å². The lowest BCUT2D eigenvalue weighted by Gasteiger charge is -2.21. The third-order valence-electron chi connectivity index (χ3n) is 3.85. The van der Waals surface area contributed by atoms with Gasteiger partial charge in [-0.05, 0) is 49.2 Å². The number of hydrogen-bond donors (Lipinski definition) is 1. The van der Waals surface area contributed by atoms with Crippen molar-refractivity contribution >= 4 is 44.8 Å². The highest BCUT2D eigenvalue weighted by atomic mass is 35.5. The van der Waals surface area contributed by atoms with Gasteiger partial charge in [0.15, 0.2) is 0 Å². The van der Waals surface area contributed by atoms with Gasteiger partial charge in [-0.25, -0.2) is 8.42 Å². The summed E-state index contributed by atoms with van der Waals surface area (Å²) < 4.78 is 26.8. The van der Waals surface area contributed by atoms with Gasteiger partial charge in [0.05, 0.1) is 11.6 Å². The van der Waals surface area contributed by atoms with Gasteiger partial charge in [-0.3, -0.25) is 4.79 Å². The smallest absolute Gasteiger partial charge is 0.245 e. The fourth-order valence-corrected chi connectivity index (χ4v) is 4.54. The summed E-state index contributed by atoms with van der Waals surface area (Å²) in [4.78, 5) is 12.3. The van der Waals surface area contributed by atoms with Crippen molar-refractivity contribution in [2.45, 2.75) is 25.7 Å². The molecule has 140 valence electrons. The number of carbonyl (C=O) groups excluding carboxylic acids is 1. The summed E-state index contributed by atoms with van der Waals surface area (Å²) in [7, 11) is -3.95. The van der Waals surface area contributed by atoms with Gasteiger partial charge >= 0.3 is 0 Å². The summed E-state index contributed by atoms with van der Waals surface area (Å²) in [6, 6.07) is 9.88. The fourth-order valence-electron chi connectivity index (χ4n) is 2.40. The zero-order valence-electron chi connectivity index (χ0n) is 14.7. The molecule has 2 aromatic rings. The highest BCUT2D eigenvalue weighted by Crippen LogP contribution is 2.27. The van der Waals surface area contributed by atoms with E-state index < -0.39 is 15.9 Å². The predicted molar refractivity (Wildman–Crippen MR) is 105 cm³/mol. The number of nitrogens with one attached hydrogen (secondary N) is 1. The molecule has 0 bridgehead atoms. The highest BCUT2D eigenvalue weighted by Gasteiger charge is 2.27. The molecule has 0 fully saturated rings. The maximum atomic E-state index is 12.8. The number of rotatable bonds is 6. The van der Waals surface area contributed by atoms with Crippen molar-refractivity contribution < 1.29 is 13.2 Å². The Balaban J connectivity index is 2.24. The fraction of sp³-hybridized carbons (Fsp3) is 0.278. The van der Waals surface area contributed by atoms with E-state index in [2.05, 4.69) is 5.32 Å². The first-order chi connectivity index (χ1) is 12.1. The van der Waals surface area contributed by atoms with Gasteiger partial charge < -0.3 is 5.32 Å². The van der Waals surface area contributed by atoms with Gasteiger partial charge in [0, 0.05) is 17.3 Å².